The summed E-state index contributed by atoms with van der Waals surface area (Å²) in [5, 5.41) is 2.85. The number of carbonyl (C=O) groups is 1. The molecule has 0 saturated heterocycles. The smallest absolute Gasteiger partial charge is 0.244 e. The lowest BCUT2D eigenvalue weighted by Gasteiger charge is -2.31. The molecule has 9 heteroatoms. The molecule has 0 aromatic heterocycles. The zero-order chi connectivity index (χ0) is 22.5. The Labute approximate surface area is 176 Å². The molecule has 0 unspecified atom stereocenters. The first-order chi connectivity index (χ1) is 14.1. The lowest BCUT2D eigenvalue weighted by atomic mass is 10.1. The van der Waals surface area contributed by atoms with Crippen LogP contribution in [-0.4, -0.2) is 40.8 Å². The normalized spacial score (nSPS) is 13.3. The minimum Gasteiger partial charge on any atom is -0.493 e. The SMILES string of the molecule is CC[C@H](C(=O)N[C@@H](C)c1ccc(OC)c(OC)c1)N(c1ccc(F)cc1)S(C)(=O)=O. The molecule has 0 saturated carbocycles. The molecule has 2 aromatic rings. The van der Waals surface area contributed by atoms with Gasteiger partial charge in [-0.2, -0.15) is 0 Å². The van der Waals surface area contributed by atoms with Gasteiger partial charge in [-0.05, 0) is 55.3 Å². The lowest BCUT2D eigenvalue weighted by Crippen LogP contribution is -2.49. The van der Waals surface area contributed by atoms with Crippen molar-refractivity contribution in [2.45, 2.75) is 32.4 Å². The van der Waals surface area contributed by atoms with Gasteiger partial charge >= 0.3 is 0 Å². The third kappa shape index (κ3) is 5.41. The predicted octanol–water partition coefficient (Wildman–Crippen LogP) is 3.26. The number of sulfonamides is 1. The maximum atomic E-state index is 13.3. The summed E-state index contributed by atoms with van der Waals surface area (Å²) in [6.07, 6.45) is 1.25. The molecule has 0 radical (unpaired) electrons. The fraction of sp³-hybridized carbons (Fsp3) is 0.381. The minimum atomic E-state index is -3.79. The van der Waals surface area contributed by atoms with Gasteiger partial charge < -0.3 is 14.8 Å². The lowest BCUT2D eigenvalue weighted by molar-refractivity contribution is -0.122. The van der Waals surface area contributed by atoms with Crippen molar-refractivity contribution in [2.24, 2.45) is 0 Å². The molecule has 0 aliphatic rings. The van der Waals surface area contributed by atoms with Crippen molar-refractivity contribution in [3.05, 3.63) is 53.8 Å². The van der Waals surface area contributed by atoms with Gasteiger partial charge in [-0.15, -0.1) is 0 Å². The highest BCUT2D eigenvalue weighted by Crippen LogP contribution is 2.30. The molecule has 1 N–H and O–H groups in total. The summed E-state index contributed by atoms with van der Waals surface area (Å²) in [4.78, 5) is 13.0. The van der Waals surface area contributed by atoms with Gasteiger partial charge in [0.1, 0.15) is 11.9 Å². The molecule has 30 heavy (non-hydrogen) atoms. The van der Waals surface area contributed by atoms with Crippen molar-refractivity contribution in [2.75, 3.05) is 24.8 Å². The van der Waals surface area contributed by atoms with E-state index in [1.165, 1.54) is 26.4 Å². The summed E-state index contributed by atoms with van der Waals surface area (Å²) in [6.45, 7) is 3.50. The molecule has 7 nitrogen and oxygen atoms in total. The van der Waals surface area contributed by atoms with Gasteiger partial charge in [0.15, 0.2) is 11.5 Å². The Hall–Kier alpha value is -2.81. The van der Waals surface area contributed by atoms with Gasteiger partial charge in [0, 0.05) is 0 Å². The average molecular weight is 439 g/mol. The number of rotatable bonds is 9. The highest BCUT2D eigenvalue weighted by Gasteiger charge is 2.32. The van der Waals surface area contributed by atoms with E-state index in [0.717, 1.165) is 28.3 Å². The van der Waals surface area contributed by atoms with Crippen molar-refractivity contribution in [1.82, 2.24) is 5.32 Å². The van der Waals surface area contributed by atoms with E-state index in [-0.39, 0.29) is 12.1 Å². The second-order valence-corrected chi connectivity index (χ2v) is 8.66. The average Bonchev–Trinajstić information content (AvgIpc) is 2.71. The molecular weight excluding hydrogens is 411 g/mol. The Morgan fingerprint density at radius 1 is 1.10 bits per heavy atom. The standard InChI is InChI=1S/C21H27FN2O5S/c1-6-18(24(30(5,26)27)17-10-8-16(22)9-11-17)21(25)23-14(2)15-7-12-19(28-3)20(13-15)29-4/h7-14,18H,6H2,1-5H3,(H,23,25)/t14-,18+/m0/s1. The number of anilines is 1. The number of methoxy groups -OCH3 is 2. The number of hydrogen-bond acceptors (Lipinski definition) is 5. The van der Waals surface area contributed by atoms with Gasteiger partial charge in [-0.1, -0.05) is 13.0 Å². The molecule has 0 aliphatic heterocycles. The van der Waals surface area contributed by atoms with Gasteiger partial charge in [0.05, 0.1) is 32.2 Å². The molecule has 2 rings (SSSR count). The van der Waals surface area contributed by atoms with Crippen LogP contribution in [0.3, 0.4) is 0 Å². The number of halogens is 1. The molecule has 0 heterocycles. The van der Waals surface area contributed by atoms with E-state index in [4.69, 9.17) is 9.47 Å². The Morgan fingerprint density at radius 3 is 2.20 bits per heavy atom. The Morgan fingerprint density at radius 2 is 1.70 bits per heavy atom. The second kappa shape index (κ2) is 9.80. The summed E-state index contributed by atoms with van der Waals surface area (Å²) in [5.41, 5.74) is 0.989. The first-order valence-electron chi connectivity index (χ1n) is 9.39. The Bertz CT molecular complexity index is 979. The minimum absolute atomic E-state index is 0.222. The third-order valence-corrected chi connectivity index (χ3v) is 5.86. The van der Waals surface area contributed by atoms with E-state index in [2.05, 4.69) is 5.32 Å². The van der Waals surface area contributed by atoms with E-state index >= 15 is 0 Å². The van der Waals surface area contributed by atoms with Crippen molar-refractivity contribution < 1.29 is 27.1 Å². The van der Waals surface area contributed by atoms with Crippen LogP contribution in [0.5, 0.6) is 11.5 Å². The number of nitrogens with zero attached hydrogens (tertiary/aromatic N) is 1. The highest BCUT2D eigenvalue weighted by molar-refractivity contribution is 7.92. The van der Waals surface area contributed by atoms with Crippen molar-refractivity contribution in [3.8, 4) is 11.5 Å². The molecule has 164 valence electrons. The molecule has 0 fully saturated rings. The van der Waals surface area contributed by atoms with E-state index in [9.17, 15) is 17.6 Å². The molecule has 0 spiro atoms. The van der Waals surface area contributed by atoms with E-state index in [1.54, 1.807) is 32.0 Å². The highest BCUT2D eigenvalue weighted by atomic mass is 32.2. The van der Waals surface area contributed by atoms with Crippen LogP contribution in [0.25, 0.3) is 0 Å². The second-order valence-electron chi connectivity index (χ2n) is 6.80. The van der Waals surface area contributed by atoms with Gasteiger partial charge in [0.25, 0.3) is 0 Å². The first kappa shape index (κ1) is 23.5. The van der Waals surface area contributed by atoms with Crippen LogP contribution in [0.2, 0.25) is 0 Å². The summed E-state index contributed by atoms with van der Waals surface area (Å²) >= 11 is 0. The number of benzene rings is 2. The molecule has 0 aliphatic carbocycles. The number of ether oxygens (including phenoxy) is 2. The molecule has 0 bridgehead atoms. The zero-order valence-corrected chi connectivity index (χ0v) is 18.5. The molecular formula is C21H27FN2O5S. The van der Waals surface area contributed by atoms with Crippen LogP contribution in [0, 0.1) is 5.82 Å². The van der Waals surface area contributed by atoms with Crippen LogP contribution in [0.15, 0.2) is 42.5 Å². The maximum Gasteiger partial charge on any atom is 0.244 e. The molecule has 2 atom stereocenters. The zero-order valence-electron chi connectivity index (χ0n) is 17.7. The number of amides is 1. The first-order valence-corrected chi connectivity index (χ1v) is 11.2. The van der Waals surface area contributed by atoms with Gasteiger partial charge in [0.2, 0.25) is 15.9 Å². The van der Waals surface area contributed by atoms with E-state index in [1.807, 2.05) is 0 Å². The quantitative estimate of drug-likeness (QED) is 0.650. The van der Waals surface area contributed by atoms with E-state index < -0.39 is 33.8 Å². The summed E-state index contributed by atoms with van der Waals surface area (Å²) < 4.78 is 49.7. The largest absolute Gasteiger partial charge is 0.493 e. The number of carbonyl (C=O) groups excluding carboxylic acids is 1. The fourth-order valence-corrected chi connectivity index (χ4v) is 4.38. The van der Waals surface area contributed by atoms with Crippen LogP contribution < -0.4 is 19.1 Å². The van der Waals surface area contributed by atoms with E-state index in [0.29, 0.717) is 11.5 Å². The third-order valence-electron chi connectivity index (χ3n) is 4.68. The monoisotopic (exact) mass is 438 g/mol. The van der Waals surface area contributed by atoms with Crippen molar-refractivity contribution >= 4 is 21.6 Å². The van der Waals surface area contributed by atoms with Gasteiger partial charge in [-0.25, -0.2) is 12.8 Å². The van der Waals surface area contributed by atoms with Crippen LogP contribution in [-0.2, 0) is 14.8 Å². The van der Waals surface area contributed by atoms with Crippen LogP contribution in [0.4, 0.5) is 10.1 Å². The Kier molecular flexibility index (Phi) is 7.66. The predicted molar refractivity (Wildman–Crippen MR) is 114 cm³/mol. The molecule has 2 aromatic carbocycles. The maximum absolute atomic E-state index is 13.3. The summed E-state index contributed by atoms with van der Waals surface area (Å²) in [7, 11) is -0.744. The van der Waals surface area contributed by atoms with Crippen molar-refractivity contribution in [3.63, 3.8) is 0 Å². The number of nitrogens with one attached hydrogen (secondary N) is 1. The van der Waals surface area contributed by atoms with Crippen molar-refractivity contribution in [1.29, 1.82) is 0 Å². The van der Waals surface area contributed by atoms with Gasteiger partial charge in [-0.3, -0.25) is 9.10 Å². The fourth-order valence-electron chi connectivity index (χ4n) is 3.16. The van der Waals surface area contributed by atoms with Crippen LogP contribution >= 0.6 is 0 Å². The molecule has 1 amide bonds. The summed E-state index contributed by atoms with van der Waals surface area (Å²) in [5.74, 6) is 0.124. The Balaban J connectivity index is 2.30. The van der Waals surface area contributed by atoms with Crippen LogP contribution in [0.1, 0.15) is 31.9 Å². The summed E-state index contributed by atoms with van der Waals surface area (Å²) in [6, 6.07) is 8.85. The number of hydrogen-bond donors (Lipinski definition) is 1. The topological polar surface area (TPSA) is 84.9 Å².